The summed E-state index contributed by atoms with van der Waals surface area (Å²) in [6.45, 7) is 0. The summed E-state index contributed by atoms with van der Waals surface area (Å²) >= 11 is 0. The Hall–Kier alpha value is -2.37. The van der Waals surface area contributed by atoms with E-state index in [-0.39, 0.29) is 0 Å². The predicted octanol–water partition coefficient (Wildman–Crippen LogP) is 0.435. The van der Waals surface area contributed by atoms with Crippen LogP contribution < -0.4 is 4.90 Å². The summed E-state index contributed by atoms with van der Waals surface area (Å²) < 4.78 is 0. The minimum atomic E-state index is -2.08. The zero-order chi connectivity index (χ0) is 13.0. The maximum atomic E-state index is 11.7. The Kier molecular flexibility index (Phi) is 3.82. The predicted molar refractivity (Wildman–Crippen MR) is 58.6 cm³/mol. The summed E-state index contributed by atoms with van der Waals surface area (Å²) in [7, 11) is 1.33. The molecule has 0 radical (unpaired) electrons. The smallest absolute Gasteiger partial charge is 0.327 e. The summed E-state index contributed by atoms with van der Waals surface area (Å²) in [4.78, 5) is 34.1. The first-order valence-electron chi connectivity index (χ1n) is 4.73. The van der Waals surface area contributed by atoms with Gasteiger partial charge in [0.1, 0.15) is 0 Å². The number of carbonyl (C=O) groups is 3. The monoisotopic (exact) mass is 237 g/mol. The lowest BCUT2D eigenvalue weighted by Gasteiger charge is -2.19. The fourth-order valence-corrected chi connectivity index (χ4v) is 1.29. The van der Waals surface area contributed by atoms with Gasteiger partial charge in [0.05, 0.1) is 0 Å². The second-order valence-corrected chi connectivity index (χ2v) is 3.34. The highest BCUT2D eigenvalue weighted by molar-refractivity contribution is 6.17. The van der Waals surface area contributed by atoms with E-state index in [1.54, 1.807) is 30.3 Å². The van der Waals surface area contributed by atoms with Crippen LogP contribution in [0.25, 0.3) is 0 Å². The van der Waals surface area contributed by atoms with E-state index in [9.17, 15) is 14.4 Å². The molecule has 6 nitrogen and oxygen atoms in total. The molecule has 1 rings (SSSR count). The van der Waals surface area contributed by atoms with Gasteiger partial charge in [0.15, 0.2) is 0 Å². The molecule has 17 heavy (non-hydrogen) atoms. The Bertz CT molecular complexity index is 428. The minimum Gasteiger partial charge on any atom is -0.480 e. The van der Waals surface area contributed by atoms with Crippen LogP contribution in [0.2, 0.25) is 0 Å². The molecule has 2 N–H and O–H groups in total. The molecule has 0 atom stereocenters. The number of para-hydroxylation sites is 1. The summed E-state index contributed by atoms with van der Waals surface area (Å²) in [5.74, 6) is -6.42. The first-order valence-corrected chi connectivity index (χ1v) is 4.73. The van der Waals surface area contributed by atoms with Crippen molar-refractivity contribution in [3.05, 3.63) is 30.3 Å². The van der Waals surface area contributed by atoms with E-state index >= 15 is 0 Å². The standard InChI is InChI=1S/C11H11NO5/c1-12(7-5-3-2-4-6-7)9(13)8(10(14)15)11(16)17/h2-6,8H,1H3,(H,14,15)(H,16,17). The van der Waals surface area contributed by atoms with E-state index in [1.165, 1.54) is 7.05 Å². The van der Waals surface area contributed by atoms with Crippen molar-refractivity contribution in [1.29, 1.82) is 0 Å². The van der Waals surface area contributed by atoms with Crippen LogP contribution in [-0.2, 0) is 14.4 Å². The van der Waals surface area contributed by atoms with Crippen LogP contribution >= 0.6 is 0 Å². The quantitative estimate of drug-likeness (QED) is 0.740. The van der Waals surface area contributed by atoms with Crippen molar-refractivity contribution in [2.75, 3.05) is 11.9 Å². The highest BCUT2D eigenvalue weighted by Crippen LogP contribution is 2.14. The lowest BCUT2D eigenvalue weighted by atomic mass is 10.1. The van der Waals surface area contributed by atoms with Gasteiger partial charge < -0.3 is 15.1 Å². The third-order valence-electron chi connectivity index (χ3n) is 2.21. The normalized spacial score (nSPS) is 10.0. The summed E-state index contributed by atoms with van der Waals surface area (Å²) in [5, 5.41) is 17.4. The number of hydrogen-bond donors (Lipinski definition) is 2. The fraction of sp³-hybridized carbons (Fsp3) is 0.182. The highest BCUT2D eigenvalue weighted by atomic mass is 16.4. The maximum Gasteiger partial charge on any atom is 0.327 e. The van der Waals surface area contributed by atoms with E-state index in [0.29, 0.717) is 5.69 Å². The van der Waals surface area contributed by atoms with Gasteiger partial charge in [0, 0.05) is 12.7 Å². The first kappa shape index (κ1) is 12.7. The second kappa shape index (κ2) is 5.11. The number of rotatable bonds is 4. The number of carbonyl (C=O) groups excluding carboxylic acids is 1. The lowest BCUT2D eigenvalue weighted by Crippen LogP contribution is -2.41. The third-order valence-corrected chi connectivity index (χ3v) is 2.21. The molecule has 0 heterocycles. The van der Waals surface area contributed by atoms with Gasteiger partial charge in [-0.3, -0.25) is 14.4 Å². The van der Waals surface area contributed by atoms with Crippen molar-refractivity contribution in [2.24, 2.45) is 5.92 Å². The molecule has 0 aliphatic rings. The zero-order valence-corrected chi connectivity index (χ0v) is 9.03. The van der Waals surface area contributed by atoms with Crippen molar-refractivity contribution in [3.63, 3.8) is 0 Å². The molecule has 90 valence electrons. The average molecular weight is 237 g/mol. The van der Waals surface area contributed by atoms with Gasteiger partial charge >= 0.3 is 11.9 Å². The number of anilines is 1. The van der Waals surface area contributed by atoms with Crippen molar-refractivity contribution in [2.45, 2.75) is 0 Å². The summed E-state index contributed by atoms with van der Waals surface area (Å²) in [6, 6.07) is 8.22. The van der Waals surface area contributed by atoms with Gasteiger partial charge in [-0.1, -0.05) is 18.2 Å². The van der Waals surface area contributed by atoms with E-state index in [2.05, 4.69) is 0 Å². The van der Waals surface area contributed by atoms with Gasteiger partial charge in [-0.25, -0.2) is 0 Å². The van der Waals surface area contributed by atoms with Gasteiger partial charge in [-0.05, 0) is 12.1 Å². The van der Waals surface area contributed by atoms with Crippen molar-refractivity contribution in [1.82, 2.24) is 0 Å². The van der Waals surface area contributed by atoms with Crippen LogP contribution in [0.1, 0.15) is 0 Å². The Morgan fingerprint density at radius 1 is 1.06 bits per heavy atom. The molecule has 1 amide bonds. The number of amides is 1. The van der Waals surface area contributed by atoms with Crippen LogP contribution in [0.4, 0.5) is 5.69 Å². The topological polar surface area (TPSA) is 94.9 Å². The molecule has 0 unspecified atom stereocenters. The molecule has 0 saturated carbocycles. The zero-order valence-electron chi connectivity index (χ0n) is 9.03. The first-order chi connectivity index (χ1) is 7.95. The molecule has 0 aliphatic carbocycles. The second-order valence-electron chi connectivity index (χ2n) is 3.34. The van der Waals surface area contributed by atoms with E-state index in [1.807, 2.05) is 0 Å². The van der Waals surface area contributed by atoms with Gasteiger partial charge in [-0.15, -0.1) is 0 Å². The largest absolute Gasteiger partial charge is 0.480 e. The SMILES string of the molecule is CN(C(=O)C(C(=O)O)C(=O)O)c1ccccc1. The molecule has 0 aliphatic heterocycles. The number of carboxylic acids is 2. The van der Waals surface area contributed by atoms with Crippen LogP contribution in [0.3, 0.4) is 0 Å². The summed E-state index contributed by atoms with van der Waals surface area (Å²) in [5.41, 5.74) is 0.435. The molecule has 0 spiro atoms. The van der Waals surface area contributed by atoms with Gasteiger partial charge in [0.25, 0.3) is 5.91 Å². The maximum absolute atomic E-state index is 11.7. The fourth-order valence-electron chi connectivity index (χ4n) is 1.29. The Morgan fingerprint density at radius 3 is 1.94 bits per heavy atom. The molecule has 6 heteroatoms. The van der Waals surface area contributed by atoms with Crippen LogP contribution in [-0.4, -0.2) is 35.1 Å². The van der Waals surface area contributed by atoms with Crippen molar-refractivity contribution in [3.8, 4) is 0 Å². The van der Waals surface area contributed by atoms with E-state index in [0.717, 1.165) is 4.90 Å². The van der Waals surface area contributed by atoms with Crippen LogP contribution in [0.15, 0.2) is 30.3 Å². The summed E-state index contributed by atoms with van der Waals surface area (Å²) in [6.07, 6.45) is 0. The molecule has 0 fully saturated rings. The molecule has 1 aromatic carbocycles. The molecule has 0 saturated heterocycles. The highest BCUT2D eigenvalue weighted by Gasteiger charge is 2.36. The molecular formula is C11H11NO5. The van der Waals surface area contributed by atoms with Crippen molar-refractivity contribution >= 4 is 23.5 Å². The van der Waals surface area contributed by atoms with Crippen molar-refractivity contribution < 1.29 is 24.6 Å². The third kappa shape index (κ3) is 2.81. The minimum absolute atomic E-state index is 0.435. The number of benzene rings is 1. The number of aliphatic carboxylic acids is 2. The molecular weight excluding hydrogens is 226 g/mol. The molecule has 0 aromatic heterocycles. The van der Waals surface area contributed by atoms with E-state index in [4.69, 9.17) is 10.2 Å². The van der Waals surface area contributed by atoms with Crippen LogP contribution in [0, 0.1) is 5.92 Å². The molecule has 1 aromatic rings. The average Bonchev–Trinajstić information content (AvgIpc) is 2.28. The number of hydrogen-bond acceptors (Lipinski definition) is 3. The van der Waals surface area contributed by atoms with E-state index < -0.39 is 23.8 Å². The molecule has 0 bridgehead atoms. The number of nitrogens with zero attached hydrogens (tertiary/aromatic N) is 1. The lowest BCUT2D eigenvalue weighted by molar-refractivity contribution is -0.157. The van der Waals surface area contributed by atoms with Gasteiger partial charge in [-0.2, -0.15) is 0 Å². The Labute approximate surface area is 97.1 Å². The Balaban J connectivity index is 2.96. The Morgan fingerprint density at radius 2 is 1.53 bits per heavy atom. The van der Waals surface area contributed by atoms with Crippen LogP contribution in [0.5, 0.6) is 0 Å². The number of carboxylic acid groups (broad SMARTS) is 2. The van der Waals surface area contributed by atoms with Gasteiger partial charge in [0.2, 0.25) is 5.92 Å².